The standard InChI is InChI=1S/C20H30O/c1-14-7-9-18-16(5-4-6-17(21)13-14)11-12-20(3)15(2)8-10-19(18)20/h4,6,13,15-16,18-19,21H,1,5,7-12H2,2-3H3/b6-4-,17-13+. The van der Waals surface area contributed by atoms with Gasteiger partial charge in [-0.15, -0.1) is 0 Å². The van der Waals surface area contributed by atoms with E-state index in [1.165, 1.54) is 32.1 Å². The molecule has 5 atom stereocenters. The van der Waals surface area contributed by atoms with Crippen molar-refractivity contribution in [2.45, 2.75) is 58.8 Å². The minimum absolute atomic E-state index is 0.369. The molecule has 3 aliphatic carbocycles. The van der Waals surface area contributed by atoms with Crippen molar-refractivity contribution in [2.24, 2.45) is 29.1 Å². The first-order chi connectivity index (χ1) is 10.0. The largest absolute Gasteiger partial charge is 0.508 e. The summed E-state index contributed by atoms with van der Waals surface area (Å²) in [5.41, 5.74) is 1.66. The number of hydrogen-bond donors (Lipinski definition) is 1. The molecule has 2 fully saturated rings. The van der Waals surface area contributed by atoms with Gasteiger partial charge in [0.05, 0.1) is 0 Å². The lowest BCUT2D eigenvalue weighted by Gasteiger charge is -2.48. The van der Waals surface area contributed by atoms with Gasteiger partial charge in [-0.3, -0.25) is 0 Å². The molecule has 0 saturated heterocycles. The van der Waals surface area contributed by atoms with Gasteiger partial charge in [0.1, 0.15) is 5.76 Å². The molecule has 2 saturated carbocycles. The number of aliphatic hydroxyl groups is 1. The molecule has 21 heavy (non-hydrogen) atoms. The number of rotatable bonds is 0. The van der Waals surface area contributed by atoms with Crippen LogP contribution in [0.4, 0.5) is 0 Å². The zero-order chi connectivity index (χ0) is 15.0. The third kappa shape index (κ3) is 2.72. The van der Waals surface area contributed by atoms with E-state index in [9.17, 15) is 5.11 Å². The molecular formula is C20H30O. The Bertz CT molecular complexity index is 472. The highest BCUT2D eigenvalue weighted by Gasteiger charge is 2.51. The third-order valence-corrected chi connectivity index (χ3v) is 6.94. The van der Waals surface area contributed by atoms with E-state index in [1.807, 2.05) is 12.2 Å². The van der Waals surface area contributed by atoms with Crippen molar-refractivity contribution in [3.8, 4) is 0 Å². The molecule has 0 bridgehead atoms. The van der Waals surface area contributed by atoms with Crippen molar-refractivity contribution in [2.75, 3.05) is 0 Å². The summed E-state index contributed by atoms with van der Waals surface area (Å²) < 4.78 is 0. The predicted octanol–water partition coefficient (Wildman–Crippen LogP) is 5.80. The van der Waals surface area contributed by atoms with Crippen LogP contribution >= 0.6 is 0 Å². The Balaban J connectivity index is 1.84. The lowest BCUT2D eigenvalue weighted by atomic mass is 9.56. The summed E-state index contributed by atoms with van der Waals surface area (Å²) in [6, 6.07) is 0. The van der Waals surface area contributed by atoms with Crippen molar-refractivity contribution in [1.82, 2.24) is 0 Å². The van der Waals surface area contributed by atoms with E-state index in [4.69, 9.17) is 0 Å². The van der Waals surface area contributed by atoms with Gasteiger partial charge >= 0.3 is 0 Å². The molecule has 116 valence electrons. The molecule has 0 aromatic carbocycles. The molecule has 0 spiro atoms. The third-order valence-electron chi connectivity index (χ3n) is 6.94. The van der Waals surface area contributed by atoms with Gasteiger partial charge in [-0.05, 0) is 86.2 Å². The van der Waals surface area contributed by atoms with Gasteiger partial charge in [0.2, 0.25) is 0 Å². The monoisotopic (exact) mass is 286 g/mol. The quantitative estimate of drug-likeness (QED) is 0.596. The summed E-state index contributed by atoms with van der Waals surface area (Å²) in [4.78, 5) is 0. The summed E-state index contributed by atoms with van der Waals surface area (Å²) in [5.74, 6) is 3.83. The van der Waals surface area contributed by atoms with Crippen LogP contribution in [0.15, 0.2) is 36.1 Å². The normalized spacial score (nSPS) is 47.9. The van der Waals surface area contributed by atoms with Crippen molar-refractivity contribution in [1.29, 1.82) is 0 Å². The summed E-state index contributed by atoms with van der Waals surface area (Å²) in [6.07, 6.45) is 14.9. The van der Waals surface area contributed by atoms with E-state index < -0.39 is 0 Å². The predicted molar refractivity (Wildman–Crippen MR) is 89.1 cm³/mol. The van der Waals surface area contributed by atoms with Crippen LogP contribution in [0.5, 0.6) is 0 Å². The van der Waals surface area contributed by atoms with Gasteiger partial charge in [-0.2, -0.15) is 0 Å². The van der Waals surface area contributed by atoms with Gasteiger partial charge in [-0.25, -0.2) is 0 Å². The van der Waals surface area contributed by atoms with Crippen LogP contribution in [0.25, 0.3) is 0 Å². The molecule has 0 aromatic rings. The van der Waals surface area contributed by atoms with Gasteiger partial charge in [0.25, 0.3) is 0 Å². The van der Waals surface area contributed by atoms with E-state index in [2.05, 4.69) is 26.5 Å². The van der Waals surface area contributed by atoms with Gasteiger partial charge in [-0.1, -0.05) is 32.1 Å². The fourth-order valence-electron chi connectivity index (χ4n) is 5.40. The van der Waals surface area contributed by atoms with E-state index in [0.717, 1.165) is 42.1 Å². The summed E-state index contributed by atoms with van der Waals surface area (Å²) in [7, 11) is 0. The Kier molecular flexibility index (Phi) is 4.03. The Labute approximate surface area is 129 Å². The van der Waals surface area contributed by atoms with E-state index in [1.54, 1.807) is 0 Å². The number of allylic oxidation sites excluding steroid dienone is 4. The Hall–Kier alpha value is -0.980. The van der Waals surface area contributed by atoms with Crippen LogP contribution in [0.3, 0.4) is 0 Å². The van der Waals surface area contributed by atoms with Gasteiger partial charge < -0.3 is 5.11 Å². The highest BCUT2D eigenvalue weighted by atomic mass is 16.3. The van der Waals surface area contributed by atoms with Crippen molar-refractivity contribution >= 4 is 0 Å². The molecule has 1 heteroatoms. The molecule has 1 N–H and O–H groups in total. The van der Waals surface area contributed by atoms with E-state index in [0.29, 0.717) is 11.2 Å². The maximum Gasteiger partial charge on any atom is 0.115 e. The van der Waals surface area contributed by atoms with E-state index >= 15 is 0 Å². The Morgan fingerprint density at radius 2 is 2.05 bits per heavy atom. The summed E-state index contributed by atoms with van der Waals surface area (Å²) in [6.45, 7) is 9.15. The molecule has 0 heterocycles. The summed E-state index contributed by atoms with van der Waals surface area (Å²) in [5, 5.41) is 9.84. The van der Waals surface area contributed by atoms with Crippen molar-refractivity contribution in [3.63, 3.8) is 0 Å². The van der Waals surface area contributed by atoms with E-state index in [-0.39, 0.29) is 0 Å². The minimum Gasteiger partial charge on any atom is -0.508 e. The first-order valence-electron chi connectivity index (χ1n) is 8.75. The van der Waals surface area contributed by atoms with Crippen molar-refractivity contribution < 1.29 is 5.11 Å². The fraction of sp³-hybridized carbons (Fsp3) is 0.700. The average Bonchev–Trinajstić information content (AvgIpc) is 2.73. The Morgan fingerprint density at radius 1 is 1.24 bits per heavy atom. The molecule has 0 amide bonds. The number of hydrogen-bond acceptors (Lipinski definition) is 1. The fourth-order valence-corrected chi connectivity index (χ4v) is 5.40. The maximum absolute atomic E-state index is 9.84. The van der Waals surface area contributed by atoms with Crippen LogP contribution in [-0.2, 0) is 0 Å². The molecule has 0 aliphatic heterocycles. The maximum atomic E-state index is 9.84. The average molecular weight is 286 g/mol. The lowest BCUT2D eigenvalue weighted by molar-refractivity contribution is 0.0135. The second kappa shape index (κ2) is 5.66. The molecule has 0 aromatic heterocycles. The van der Waals surface area contributed by atoms with Crippen LogP contribution in [-0.4, -0.2) is 5.11 Å². The topological polar surface area (TPSA) is 20.2 Å². The zero-order valence-electron chi connectivity index (χ0n) is 13.6. The first-order valence-corrected chi connectivity index (χ1v) is 8.75. The number of fused-ring (bicyclic) bond motifs is 3. The molecule has 1 nitrogen and oxygen atoms in total. The number of aliphatic hydroxyl groups excluding tert-OH is 1. The smallest absolute Gasteiger partial charge is 0.115 e. The molecule has 3 rings (SSSR count). The van der Waals surface area contributed by atoms with Crippen LogP contribution < -0.4 is 0 Å². The SMILES string of the molecule is C=C1/C=C(O)\C=C/CC2CCC3(C)C(C)CCC3C2CC1. The lowest BCUT2D eigenvalue weighted by Crippen LogP contribution is -2.40. The zero-order valence-corrected chi connectivity index (χ0v) is 13.6. The van der Waals surface area contributed by atoms with Crippen LogP contribution in [0.1, 0.15) is 58.8 Å². The first kappa shape index (κ1) is 14.9. The van der Waals surface area contributed by atoms with Gasteiger partial charge in [0, 0.05) is 0 Å². The molecule has 3 aliphatic rings. The highest BCUT2D eigenvalue weighted by Crippen LogP contribution is 2.60. The van der Waals surface area contributed by atoms with Crippen LogP contribution in [0, 0.1) is 29.1 Å². The second-order valence-electron chi connectivity index (χ2n) is 7.96. The molecular weight excluding hydrogens is 256 g/mol. The minimum atomic E-state index is 0.369. The summed E-state index contributed by atoms with van der Waals surface area (Å²) >= 11 is 0. The molecule has 5 unspecified atom stereocenters. The van der Waals surface area contributed by atoms with Gasteiger partial charge in [0.15, 0.2) is 0 Å². The highest BCUT2D eigenvalue weighted by molar-refractivity contribution is 5.24. The second-order valence-corrected chi connectivity index (χ2v) is 7.96. The molecule has 0 radical (unpaired) electrons. The Morgan fingerprint density at radius 3 is 2.86 bits per heavy atom. The van der Waals surface area contributed by atoms with Crippen LogP contribution in [0.2, 0.25) is 0 Å². The van der Waals surface area contributed by atoms with Crippen molar-refractivity contribution in [3.05, 3.63) is 36.1 Å².